The van der Waals surface area contributed by atoms with Gasteiger partial charge in [-0.05, 0) is 40.3 Å². The lowest BCUT2D eigenvalue weighted by Crippen LogP contribution is -2.13. The van der Waals surface area contributed by atoms with Crippen molar-refractivity contribution >= 4 is 22.0 Å². The van der Waals surface area contributed by atoms with Gasteiger partial charge >= 0.3 is 0 Å². The maximum atomic E-state index is 11.9. The van der Waals surface area contributed by atoms with Gasteiger partial charge in [0.25, 0.3) is 0 Å². The van der Waals surface area contributed by atoms with Crippen LogP contribution >= 0.6 is 11.9 Å². The van der Waals surface area contributed by atoms with Gasteiger partial charge in [-0.2, -0.15) is 0 Å². The molecule has 4 nitrogen and oxygen atoms in total. The van der Waals surface area contributed by atoms with E-state index in [1.54, 1.807) is 18.0 Å². The molecule has 6 heteroatoms. The van der Waals surface area contributed by atoms with Gasteiger partial charge in [-0.25, -0.2) is 13.1 Å². The molecule has 0 spiro atoms. The highest BCUT2D eigenvalue weighted by Gasteiger charge is 2.29. The molecule has 4 rings (SSSR count). The average Bonchev–Trinajstić information content (AvgIpc) is 3.03. The second-order valence-corrected chi connectivity index (χ2v) is 7.46. The maximum absolute atomic E-state index is 11.9. The van der Waals surface area contributed by atoms with Crippen LogP contribution in [0.15, 0.2) is 46.2 Å². The van der Waals surface area contributed by atoms with Gasteiger partial charge in [-0.3, -0.25) is 4.72 Å². The van der Waals surface area contributed by atoms with E-state index >= 15 is 0 Å². The van der Waals surface area contributed by atoms with Gasteiger partial charge < -0.3 is 0 Å². The summed E-state index contributed by atoms with van der Waals surface area (Å²) in [5, 5.41) is 0. The minimum Gasteiger partial charge on any atom is -0.255 e. The Morgan fingerprint density at radius 1 is 1.00 bits per heavy atom. The monoisotopic (exact) mass is 304 g/mol. The molecule has 0 aliphatic carbocycles. The van der Waals surface area contributed by atoms with Crippen LogP contribution < -0.4 is 9.44 Å². The Kier molecular flexibility index (Phi) is 2.68. The van der Waals surface area contributed by atoms with Gasteiger partial charge in [0.05, 0.1) is 4.90 Å². The average molecular weight is 304 g/mol. The summed E-state index contributed by atoms with van der Waals surface area (Å²) in [6.07, 6.45) is 0. The summed E-state index contributed by atoms with van der Waals surface area (Å²) in [7, 11) is -3.32. The van der Waals surface area contributed by atoms with Crippen molar-refractivity contribution < 1.29 is 8.42 Å². The molecule has 0 saturated carbocycles. The van der Waals surface area contributed by atoms with E-state index in [1.165, 1.54) is 10.5 Å². The quantitative estimate of drug-likeness (QED) is 0.794. The van der Waals surface area contributed by atoms with E-state index < -0.39 is 10.0 Å². The van der Waals surface area contributed by atoms with Crippen LogP contribution in [0.3, 0.4) is 0 Å². The largest absolute Gasteiger partial charge is 0.255 e. The summed E-state index contributed by atoms with van der Waals surface area (Å²) >= 11 is 1.61. The third kappa shape index (κ3) is 1.73. The minimum absolute atomic E-state index is 0.371. The molecule has 0 bridgehead atoms. The fourth-order valence-electron chi connectivity index (χ4n) is 2.74. The first kappa shape index (κ1) is 12.4. The molecule has 2 aromatic carbocycles. The number of hydrogen-bond acceptors (Lipinski definition) is 4. The van der Waals surface area contributed by atoms with Crippen LogP contribution in [0.25, 0.3) is 11.1 Å². The topological polar surface area (TPSA) is 58.2 Å². The highest BCUT2D eigenvalue weighted by Crippen LogP contribution is 2.40. The molecule has 0 atom stereocenters. The molecule has 0 unspecified atom stereocenters. The third-order valence-electron chi connectivity index (χ3n) is 3.69. The number of fused-ring (bicyclic) bond motifs is 2. The lowest BCUT2D eigenvalue weighted by molar-refractivity contribution is 0.589. The Labute approximate surface area is 121 Å². The Bertz CT molecular complexity index is 816. The predicted octanol–water partition coefficient (Wildman–Crippen LogP) is 2.26. The van der Waals surface area contributed by atoms with Gasteiger partial charge in [-0.15, -0.1) is 0 Å². The van der Waals surface area contributed by atoms with Crippen molar-refractivity contribution in [3.05, 3.63) is 47.5 Å². The van der Waals surface area contributed by atoms with Crippen LogP contribution in [0.5, 0.6) is 0 Å². The van der Waals surface area contributed by atoms with Gasteiger partial charge in [0.2, 0.25) is 10.0 Å². The van der Waals surface area contributed by atoms with Crippen LogP contribution in [0.4, 0.5) is 0 Å². The number of sulfonamides is 1. The lowest BCUT2D eigenvalue weighted by atomic mass is 9.98. The summed E-state index contributed by atoms with van der Waals surface area (Å²) in [4.78, 5) is 1.61. The van der Waals surface area contributed by atoms with Crippen LogP contribution in [-0.4, -0.2) is 8.42 Å². The fraction of sp³-hybridized carbons (Fsp3) is 0.143. The highest BCUT2D eigenvalue weighted by molar-refractivity contribution is 7.97. The number of hydrogen-bond donors (Lipinski definition) is 2. The highest BCUT2D eigenvalue weighted by atomic mass is 32.2. The zero-order valence-electron chi connectivity index (χ0n) is 10.5. The summed E-state index contributed by atoms with van der Waals surface area (Å²) in [5.41, 5.74) is 4.24. The molecular formula is C14H12N2O2S2. The molecular weight excluding hydrogens is 292 g/mol. The molecule has 2 aromatic rings. The van der Waals surface area contributed by atoms with Crippen molar-refractivity contribution in [3.63, 3.8) is 0 Å². The standard InChI is InChI=1S/C14H12N2O2S2/c17-20(18)13-6-2-4-10(12(13)8-16-20)11-5-1-3-9-7-15-19-14(9)11/h1-6,15-16H,7-8H2. The van der Waals surface area contributed by atoms with Gasteiger partial charge in [0, 0.05) is 18.0 Å². The van der Waals surface area contributed by atoms with Crippen molar-refractivity contribution in [2.24, 2.45) is 0 Å². The Hall–Kier alpha value is -1.34. The maximum Gasteiger partial charge on any atom is 0.241 e. The van der Waals surface area contributed by atoms with Crippen molar-refractivity contribution in [1.82, 2.24) is 9.44 Å². The molecule has 0 fully saturated rings. The van der Waals surface area contributed by atoms with E-state index in [0.29, 0.717) is 11.4 Å². The van der Waals surface area contributed by atoms with E-state index in [-0.39, 0.29) is 0 Å². The molecule has 0 radical (unpaired) electrons. The van der Waals surface area contributed by atoms with Gasteiger partial charge in [0.15, 0.2) is 0 Å². The van der Waals surface area contributed by atoms with E-state index in [9.17, 15) is 8.42 Å². The molecule has 2 heterocycles. The lowest BCUT2D eigenvalue weighted by Gasteiger charge is -2.10. The van der Waals surface area contributed by atoms with E-state index in [1.807, 2.05) is 18.2 Å². The summed E-state index contributed by atoms with van der Waals surface area (Å²) in [5.74, 6) is 0. The first-order valence-electron chi connectivity index (χ1n) is 6.30. The van der Waals surface area contributed by atoms with Gasteiger partial charge in [0.1, 0.15) is 0 Å². The first-order valence-corrected chi connectivity index (χ1v) is 8.60. The fourth-order valence-corrected chi connectivity index (χ4v) is 4.93. The molecule has 102 valence electrons. The Morgan fingerprint density at radius 2 is 1.80 bits per heavy atom. The molecule has 0 saturated heterocycles. The second kappa shape index (κ2) is 4.33. The van der Waals surface area contributed by atoms with Gasteiger partial charge in [-0.1, -0.05) is 30.3 Å². The Balaban J connectivity index is 1.98. The van der Waals surface area contributed by atoms with Crippen LogP contribution in [0.1, 0.15) is 11.1 Å². The number of rotatable bonds is 1. The molecule has 2 N–H and O–H groups in total. The van der Waals surface area contributed by atoms with Crippen LogP contribution in [0, 0.1) is 0 Å². The number of benzene rings is 2. The van der Waals surface area contributed by atoms with E-state index in [4.69, 9.17) is 0 Å². The third-order valence-corrected chi connectivity index (χ3v) is 6.15. The van der Waals surface area contributed by atoms with Crippen LogP contribution in [0.2, 0.25) is 0 Å². The smallest absolute Gasteiger partial charge is 0.241 e. The van der Waals surface area contributed by atoms with Crippen molar-refractivity contribution in [3.8, 4) is 11.1 Å². The Morgan fingerprint density at radius 3 is 2.70 bits per heavy atom. The minimum atomic E-state index is -3.32. The van der Waals surface area contributed by atoms with Crippen LogP contribution in [-0.2, 0) is 23.1 Å². The molecule has 2 aliphatic heterocycles. The van der Waals surface area contributed by atoms with Crippen molar-refractivity contribution in [2.45, 2.75) is 22.9 Å². The molecule has 20 heavy (non-hydrogen) atoms. The van der Waals surface area contributed by atoms with E-state index in [0.717, 1.165) is 23.2 Å². The normalized spacial score (nSPS) is 18.8. The first-order chi connectivity index (χ1) is 9.67. The second-order valence-electron chi connectivity index (χ2n) is 4.82. The summed E-state index contributed by atoms with van der Waals surface area (Å²) in [6.45, 7) is 1.22. The predicted molar refractivity (Wildman–Crippen MR) is 78.6 cm³/mol. The summed E-state index contributed by atoms with van der Waals surface area (Å²) < 4.78 is 29.7. The zero-order chi connectivity index (χ0) is 13.7. The summed E-state index contributed by atoms with van der Waals surface area (Å²) in [6, 6.07) is 11.7. The van der Waals surface area contributed by atoms with Crippen molar-refractivity contribution in [1.29, 1.82) is 0 Å². The molecule has 0 amide bonds. The van der Waals surface area contributed by atoms with E-state index in [2.05, 4.69) is 21.6 Å². The molecule has 2 aliphatic rings. The zero-order valence-corrected chi connectivity index (χ0v) is 12.1. The number of nitrogens with one attached hydrogen (secondary N) is 2. The van der Waals surface area contributed by atoms with Crippen molar-refractivity contribution in [2.75, 3.05) is 0 Å². The molecule has 0 aromatic heterocycles. The SMILES string of the molecule is O=S1(=O)NCc2c(-c3cccc4c3SNC4)cccc21.